The number of fused-ring (bicyclic) bond motifs is 1. The maximum Gasteiger partial charge on any atom is 0.396 e. The molecule has 2 aromatic rings. The van der Waals surface area contributed by atoms with Crippen molar-refractivity contribution in [2.75, 3.05) is 43.1 Å². The molecule has 3 aliphatic heterocycles. The van der Waals surface area contributed by atoms with Crippen LogP contribution in [0.4, 0.5) is 24.8 Å². The average Bonchev–Trinajstić information content (AvgIpc) is 3.31. The van der Waals surface area contributed by atoms with Crippen molar-refractivity contribution < 1.29 is 22.7 Å². The van der Waals surface area contributed by atoms with Crippen LogP contribution >= 0.6 is 0 Å². The molecule has 0 radical (unpaired) electrons. The summed E-state index contributed by atoms with van der Waals surface area (Å²) in [6.45, 7) is 10.6. The Balaban J connectivity index is 1.35. The molecule has 39 heavy (non-hydrogen) atoms. The number of rotatable bonds is 6. The maximum atomic E-state index is 13.9. The summed E-state index contributed by atoms with van der Waals surface area (Å²) in [5.74, 6) is -0.730. The van der Waals surface area contributed by atoms with E-state index in [0.29, 0.717) is 19.0 Å². The zero-order valence-electron chi connectivity index (χ0n) is 22.9. The number of amides is 1. The van der Waals surface area contributed by atoms with Gasteiger partial charge in [0.2, 0.25) is 5.91 Å². The van der Waals surface area contributed by atoms with Gasteiger partial charge in [0.15, 0.2) is 0 Å². The highest BCUT2D eigenvalue weighted by Crippen LogP contribution is 2.46. The Morgan fingerprint density at radius 3 is 2.46 bits per heavy atom. The molecule has 9 nitrogen and oxygen atoms in total. The van der Waals surface area contributed by atoms with E-state index in [4.69, 9.17) is 9.72 Å². The van der Waals surface area contributed by atoms with Crippen LogP contribution in [0, 0.1) is 0 Å². The molecule has 0 bridgehead atoms. The Labute approximate surface area is 226 Å². The number of halogens is 3. The van der Waals surface area contributed by atoms with Gasteiger partial charge in [0.1, 0.15) is 23.8 Å². The number of piperidine rings is 1. The minimum atomic E-state index is -4.56. The Morgan fingerprint density at radius 2 is 1.79 bits per heavy atom. The number of aromatic nitrogens is 4. The van der Waals surface area contributed by atoms with Crippen LogP contribution in [0.25, 0.3) is 0 Å². The van der Waals surface area contributed by atoms with E-state index in [0.717, 1.165) is 63.5 Å². The Kier molecular flexibility index (Phi) is 7.87. The van der Waals surface area contributed by atoms with Gasteiger partial charge in [-0.1, -0.05) is 0 Å². The summed E-state index contributed by atoms with van der Waals surface area (Å²) in [5, 5.41) is 6.06. The molecule has 0 aromatic carbocycles. The molecular weight excluding hydrogens is 511 g/mol. The average molecular weight is 550 g/mol. The SMILES string of the molecule is CC(C)(C)NCCn1cc(C2CCOCC2)nc1C1CCN(c2ncnc3c2[C@H](C(F)(F)F)CC(=O)N3)CC1. The summed E-state index contributed by atoms with van der Waals surface area (Å²) < 4.78 is 49.6. The van der Waals surface area contributed by atoms with E-state index in [9.17, 15) is 18.0 Å². The first-order chi connectivity index (χ1) is 18.5. The van der Waals surface area contributed by atoms with Gasteiger partial charge in [-0.15, -0.1) is 0 Å². The highest BCUT2D eigenvalue weighted by molar-refractivity contribution is 5.94. The molecule has 2 fully saturated rings. The van der Waals surface area contributed by atoms with Crippen molar-refractivity contribution in [3.05, 3.63) is 29.6 Å². The molecule has 2 N–H and O–H groups in total. The number of imidazole rings is 1. The van der Waals surface area contributed by atoms with Gasteiger partial charge >= 0.3 is 6.18 Å². The van der Waals surface area contributed by atoms with Crippen LogP contribution in [-0.4, -0.2) is 70.0 Å². The lowest BCUT2D eigenvalue weighted by molar-refractivity contribution is -0.156. The van der Waals surface area contributed by atoms with Gasteiger partial charge in [0.05, 0.1) is 17.2 Å². The largest absolute Gasteiger partial charge is 0.396 e. The molecule has 0 unspecified atom stereocenters. The highest BCUT2D eigenvalue weighted by Gasteiger charge is 2.48. The van der Waals surface area contributed by atoms with Crippen LogP contribution in [0.15, 0.2) is 12.5 Å². The standard InChI is InChI=1S/C27H38F3N7O2/c1-26(2,3)33-8-11-37-15-20(17-6-12-39-13-7-17)34-24(37)18-4-9-36(10-5-18)25-22-19(27(28,29)30)14-21(38)35-23(22)31-16-32-25/h15-19,33H,4-14H2,1-3H3,(H,31,32,35,38)/t19-/m1/s1. The Hall–Kier alpha value is -2.73. The molecule has 3 aliphatic rings. The number of hydrogen-bond acceptors (Lipinski definition) is 7. The second-order valence-electron chi connectivity index (χ2n) is 11.8. The lowest BCUT2D eigenvalue weighted by Crippen LogP contribution is -2.39. The van der Waals surface area contributed by atoms with Gasteiger partial charge in [-0.05, 0) is 46.5 Å². The topological polar surface area (TPSA) is 97.2 Å². The number of ether oxygens (including phenoxy) is 1. The quantitative estimate of drug-likeness (QED) is 0.554. The number of hydrogen-bond donors (Lipinski definition) is 2. The van der Waals surface area contributed by atoms with E-state index in [-0.39, 0.29) is 28.7 Å². The summed E-state index contributed by atoms with van der Waals surface area (Å²) in [6.07, 6.45) is 1.64. The van der Waals surface area contributed by atoms with Crippen molar-refractivity contribution >= 4 is 17.5 Å². The van der Waals surface area contributed by atoms with E-state index >= 15 is 0 Å². The van der Waals surface area contributed by atoms with Gasteiger partial charge in [0, 0.05) is 69.4 Å². The third-order valence-electron chi connectivity index (χ3n) is 7.89. The van der Waals surface area contributed by atoms with Crippen molar-refractivity contribution in [1.82, 2.24) is 24.8 Å². The minimum Gasteiger partial charge on any atom is -0.381 e. The number of alkyl halides is 3. The fourth-order valence-corrected chi connectivity index (χ4v) is 5.86. The lowest BCUT2D eigenvalue weighted by atomic mass is 9.90. The van der Waals surface area contributed by atoms with E-state index in [2.05, 4.69) is 52.1 Å². The number of anilines is 2. The molecule has 5 heterocycles. The van der Waals surface area contributed by atoms with Gasteiger partial charge in [-0.3, -0.25) is 4.79 Å². The second kappa shape index (κ2) is 11.0. The van der Waals surface area contributed by atoms with Crippen LogP contribution in [-0.2, 0) is 16.1 Å². The molecule has 2 saturated heterocycles. The third kappa shape index (κ3) is 6.37. The predicted molar refractivity (Wildman–Crippen MR) is 141 cm³/mol. The molecular formula is C27H38F3N7O2. The van der Waals surface area contributed by atoms with E-state index < -0.39 is 24.4 Å². The van der Waals surface area contributed by atoms with E-state index in [1.54, 1.807) is 0 Å². The van der Waals surface area contributed by atoms with Crippen LogP contribution in [0.3, 0.4) is 0 Å². The molecule has 1 atom stereocenters. The smallest absolute Gasteiger partial charge is 0.381 e. The van der Waals surface area contributed by atoms with E-state index in [1.165, 1.54) is 6.33 Å². The molecule has 214 valence electrons. The molecule has 0 saturated carbocycles. The number of nitrogens with one attached hydrogen (secondary N) is 2. The maximum absolute atomic E-state index is 13.9. The summed E-state index contributed by atoms with van der Waals surface area (Å²) >= 11 is 0. The summed E-state index contributed by atoms with van der Waals surface area (Å²) in [6, 6.07) is 0. The van der Waals surface area contributed by atoms with Gasteiger partial charge in [-0.25, -0.2) is 15.0 Å². The first-order valence-electron chi connectivity index (χ1n) is 13.9. The fourth-order valence-electron chi connectivity index (χ4n) is 5.86. The lowest BCUT2D eigenvalue weighted by Gasteiger charge is -2.36. The zero-order chi connectivity index (χ0) is 27.8. The van der Waals surface area contributed by atoms with Gasteiger partial charge in [0.25, 0.3) is 0 Å². The van der Waals surface area contributed by atoms with Crippen molar-refractivity contribution in [1.29, 1.82) is 0 Å². The van der Waals surface area contributed by atoms with Gasteiger partial charge in [-0.2, -0.15) is 13.2 Å². The van der Waals surface area contributed by atoms with Crippen LogP contribution in [0.2, 0.25) is 0 Å². The minimum absolute atomic E-state index is 0.0139. The molecule has 2 aromatic heterocycles. The second-order valence-corrected chi connectivity index (χ2v) is 11.8. The Morgan fingerprint density at radius 1 is 1.08 bits per heavy atom. The first kappa shape index (κ1) is 27.8. The molecule has 12 heteroatoms. The van der Waals surface area contributed by atoms with Gasteiger partial charge < -0.3 is 24.8 Å². The monoisotopic (exact) mass is 549 g/mol. The van der Waals surface area contributed by atoms with Crippen LogP contribution in [0.5, 0.6) is 0 Å². The molecule has 0 aliphatic carbocycles. The summed E-state index contributed by atoms with van der Waals surface area (Å²) in [5.41, 5.74) is 1.10. The number of carbonyl (C=O) groups excluding carboxylic acids is 1. The number of nitrogens with zero attached hydrogens (tertiary/aromatic N) is 5. The third-order valence-corrected chi connectivity index (χ3v) is 7.89. The van der Waals surface area contributed by atoms with Crippen molar-refractivity contribution in [2.24, 2.45) is 0 Å². The number of carbonyl (C=O) groups is 1. The van der Waals surface area contributed by atoms with Crippen molar-refractivity contribution in [2.45, 2.75) is 88.9 Å². The first-order valence-corrected chi connectivity index (χ1v) is 13.9. The van der Waals surface area contributed by atoms with Crippen molar-refractivity contribution in [3.8, 4) is 0 Å². The molecule has 1 amide bonds. The molecule has 0 spiro atoms. The predicted octanol–water partition coefficient (Wildman–Crippen LogP) is 4.33. The van der Waals surface area contributed by atoms with Crippen molar-refractivity contribution in [3.63, 3.8) is 0 Å². The van der Waals surface area contributed by atoms with Crippen LogP contribution < -0.4 is 15.5 Å². The highest BCUT2D eigenvalue weighted by atomic mass is 19.4. The van der Waals surface area contributed by atoms with Crippen LogP contribution in [0.1, 0.15) is 87.7 Å². The summed E-state index contributed by atoms with van der Waals surface area (Å²) in [7, 11) is 0. The fraction of sp³-hybridized carbons (Fsp3) is 0.704. The molecule has 5 rings (SSSR count). The normalized spacial score (nSPS) is 21.6. The zero-order valence-corrected chi connectivity index (χ0v) is 22.9. The van der Waals surface area contributed by atoms with E-state index in [1.807, 2.05) is 4.90 Å². The Bertz CT molecular complexity index is 1160. The summed E-state index contributed by atoms with van der Waals surface area (Å²) in [4.78, 5) is 27.2.